The van der Waals surface area contributed by atoms with Gasteiger partial charge in [0, 0.05) is 16.6 Å². The Hall–Kier alpha value is -1.74. The van der Waals surface area contributed by atoms with E-state index in [0.717, 1.165) is 23.4 Å². The average Bonchev–Trinajstić information content (AvgIpc) is 2.53. The van der Waals surface area contributed by atoms with Gasteiger partial charge in [-0.1, -0.05) is 36.4 Å². The number of amides is 1. The van der Waals surface area contributed by atoms with Crippen molar-refractivity contribution in [3.63, 3.8) is 0 Å². The number of rotatable bonds is 3. The van der Waals surface area contributed by atoms with E-state index >= 15 is 0 Å². The second-order valence-corrected chi connectivity index (χ2v) is 6.43. The quantitative estimate of drug-likeness (QED) is 0.793. The molecule has 0 aromatic heterocycles. The van der Waals surface area contributed by atoms with E-state index < -0.39 is 0 Å². The summed E-state index contributed by atoms with van der Waals surface area (Å²) < 4.78 is 0. The molecule has 1 aliphatic heterocycles. The Bertz CT molecular complexity index is 626. The summed E-state index contributed by atoms with van der Waals surface area (Å²) in [6.45, 7) is 2.14. The molecule has 0 saturated heterocycles. The highest BCUT2D eigenvalue weighted by atomic mass is 32.2. The smallest absolute Gasteiger partial charge is 0.237 e. The molecule has 1 aliphatic rings. The predicted molar refractivity (Wildman–Crippen MR) is 88.9 cm³/mol. The fourth-order valence-electron chi connectivity index (χ4n) is 2.80. The van der Waals surface area contributed by atoms with E-state index in [9.17, 15) is 4.79 Å². The number of anilines is 1. The van der Waals surface area contributed by atoms with Crippen molar-refractivity contribution in [1.82, 2.24) is 0 Å². The van der Waals surface area contributed by atoms with Crippen molar-refractivity contribution in [3.05, 3.63) is 60.2 Å². The van der Waals surface area contributed by atoms with Gasteiger partial charge in [0.15, 0.2) is 0 Å². The molecule has 2 aromatic rings. The van der Waals surface area contributed by atoms with Gasteiger partial charge in [0.2, 0.25) is 5.91 Å². The molecule has 0 N–H and O–H groups in total. The molecule has 1 amide bonds. The molecule has 3 heteroatoms. The van der Waals surface area contributed by atoms with Crippen LogP contribution in [-0.2, 0) is 11.2 Å². The van der Waals surface area contributed by atoms with Crippen molar-refractivity contribution in [1.29, 1.82) is 0 Å². The standard InChI is InChI=1S/C18H19NOS/c1-14-11-12-15-7-5-6-10-17(15)19(14)18(20)13-21-16-8-3-2-4-9-16/h2-10,14H,11-13H2,1H3. The van der Waals surface area contributed by atoms with Crippen molar-refractivity contribution in [2.24, 2.45) is 0 Å². The fraction of sp³-hybridized carbons (Fsp3) is 0.278. The summed E-state index contributed by atoms with van der Waals surface area (Å²) in [5, 5.41) is 0. The van der Waals surface area contributed by atoms with Gasteiger partial charge >= 0.3 is 0 Å². The molecule has 2 aromatic carbocycles. The largest absolute Gasteiger partial charge is 0.309 e. The zero-order chi connectivity index (χ0) is 14.7. The third-order valence-corrected chi connectivity index (χ3v) is 4.89. The minimum absolute atomic E-state index is 0.198. The number of aryl methyl sites for hydroxylation is 1. The Morgan fingerprint density at radius 3 is 2.67 bits per heavy atom. The zero-order valence-electron chi connectivity index (χ0n) is 12.2. The molecule has 108 valence electrons. The van der Waals surface area contributed by atoms with Gasteiger partial charge < -0.3 is 4.90 Å². The highest BCUT2D eigenvalue weighted by molar-refractivity contribution is 8.00. The number of para-hydroxylation sites is 1. The van der Waals surface area contributed by atoms with E-state index in [0.29, 0.717) is 5.75 Å². The molecule has 0 aliphatic carbocycles. The van der Waals surface area contributed by atoms with Crippen molar-refractivity contribution >= 4 is 23.4 Å². The minimum Gasteiger partial charge on any atom is -0.309 e. The molecule has 21 heavy (non-hydrogen) atoms. The third kappa shape index (κ3) is 3.13. The normalized spacial score (nSPS) is 17.4. The molecule has 0 saturated carbocycles. The van der Waals surface area contributed by atoms with Crippen LogP contribution in [0.5, 0.6) is 0 Å². The maximum absolute atomic E-state index is 12.6. The zero-order valence-corrected chi connectivity index (χ0v) is 13.0. The van der Waals surface area contributed by atoms with Crippen LogP contribution in [0.1, 0.15) is 18.9 Å². The van der Waals surface area contributed by atoms with Crippen LogP contribution >= 0.6 is 11.8 Å². The maximum Gasteiger partial charge on any atom is 0.237 e. The lowest BCUT2D eigenvalue weighted by Gasteiger charge is -2.35. The summed E-state index contributed by atoms with van der Waals surface area (Å²) in [6, 6.07) is 18.6. The van der Waals surface area contributed by atoms with E-state index in [-0.39, 0.29) is 11.9 Å². The first-order valence-electron chi connectivity index (χ1n) is 7.33. The summed E-state index contributed by atoms with van der Waals surface area (Å²) in [6.07, 6.45) is 2.10. The van der Waals surface area contributed by atoms with E-state index in [1.54, 1.807) is 11.8 Å². The Morgan fingerprint density at radius 2 is 1.86 bits per heavy atom. The third-order valence-electron chi connectivity index (χ3n) is 3.90. The van der Waals surface area contributed by atoms with Crippen LogP contribution in [0.4, 0.5) is 5.69 Å². The number of carbonyl (C=O) groups is 1. The molecule has 0 fully saturated rings. The second-order valence-electron chi connectivity index (χ2n) is 5.38. The van der Waals surface area contributed by atoms with Crippen LogP contribution in [-0.4, -0.2) is 17.7 Å². The van der Waals surface area contributed by atoms with E-state index in [2.05, 4.69) is 25.1 Å². The first-order chi connectivity index (χ1) is 10.3. The minimum atomic E-state index is 0.198. The number of hydrogen-bond donors (Lipinski definition) is 0. The van der Waals surface area contributed by atoms with Crippen LogP contribution in [0.15, 0.2) is 59.5 Å². The first-order valence-corrected chi connectivity index (χ1v) is 8.32. The SMILES string of the molecule is CC1CCc2ccccc2N1C(=O)CSc1ccccc1. The molecule has 0 radical (unpaired) electrons. The topological polar surface area (TPSA) is 20.3 Å². The lowest BCUT2D eigenvalue weighted by Crippen LogP contribution is -2.43. The van der Waals surface area contributed by atoms with Crippen LogP contribution in [0.3, 0.4) is 0 Å². The molecule has 1 unspecified atom stereocenters. The Labute approximate surface area is 130 Å². The number of nitrogens with zero attached hydrogens (tertiary/aromatic N) is 1. The average molecular weight is 297 g/mol. The van der Waals surface area contributed by atoms with Gasteiger partial charge in [0.25, 0.3) is 0 Å². The van der Waals surface area contributed by atoms with Gasteiger partial charge in [-0.3, -0.25) is 4.79 Å². The van der Waals surface area contributed by atoms with Crippen LogP contribution in [0.2, 0.25) is 0 Å². The van der Waals surface area contributed by atoms with Gasteiger partial charge in [-0.25, -0.2) is 0 Å². The first kappa shape index (κ1) is 14.2. The van der Waals surface area contributed by atoms with Crippen molar-refractivity contribution in [2.75, 3.05) is 10.7 Å². The highest BCUT2D eigenvalue weighted by Gasteiger charge is 2.27. The Kier molecular flexibility index (Phi) is 4.30. The second kappa shape index (κ2) is 6.35. The Morgan fingerprint density at radius 1 is 1.14 bits per heavy atom. The van der Waals surface area contributed by atoms with E-state index in [4.69, 9.17) is 0 Å². The number of hydrogen-bond acceptors (Lipinski definition) is 2. The van der Waals surface area contributed by atoms with Crippen LogP contribution in [0, 0.1) is 0 Å². The number of carbonyl (C=O) groups excluding carboxylic acids is 1. The summed E-state index contributed by atoms with van der Waals surface area (Å²) in [5.74, 6) is 0.686. The molecular weight excluding hydrogens is 278 g/mol. The highest BCUT2D eigenvalue weighted by Crippen LogP contribution is 2.31. The lowest BCUT2D eigenvalue weighted by atomic mass is 9.97. The molecule has 1 atom stereocenters. The van der Waals surface area contributed by atoms with Crippen LogP contribution in [0.25, 0.3) is 0 Å². The summed E-state index contributed by atoms with van der Waals surface area (Å²) >= 11 is 1.61. The molecule has 0 spiro atoms. The van der Waals surface area contributed by atoms with E-state index in [1.807, 2.05) is 41.3 Å². The van der Waals surface area contributed by atoms with Gasteiger partial charge in [0.1, 0.15) is 0 Å². The monoisotopic (exact) mass is 297 g/mol. The van der Waals surface area contributed by atoms with Crippen molar-refractivity contribution in [2.45, 2.75) is 30.7 Å². The molecule has 1 heterocycles. The van der Waals surface area contributed by atoms with Gasteiger partial charge in [-0.2, -0.15) is 0 Å². The number of fused-ring (bicyclic) bond motifs is 1. The van der Waals surface area contributed by atoms with Gasteiger partial charge in [0.05, 0.1) is 5.75 Å². The predicted octanol–water partition coefficient (Wildman–Crippen LogP) is 4.15. The Balaban J connectivity index is 1.75. The molecule has 0 bridgehead atoms. The fourth-order valence-corrected chi connectivity index (χ4v) is 3.58. The van der Waals surface area contributed by atoms with Gasteiger partial charge in [-0.05, 0) is 43.5 Å². The summed E-state index contributed by atoms with van der Waals surface area (Å²) in [5.41, 5.74) is 2.38. The number of thioether (sulfide) groups is 1. The summed E-state index contributed by atoms with van der Waals surface area (Å²) in [7, 11) is 0. The van der Waals surface area contributed by atoms with Gasteiger partial charge in [-0.15, -0.1) is 11.8 Å². The molecular formula is C18H19NOS. The lowest BCUT2D eigenvalue weighted by molar-refractivity contribution is -0.116. The van der Waals surface area contributed by atoms with Crippen molar-refractivity contribution < 1.29 is 4.79 Å². The number of benzene rings is 2. The summed E-state index contributed by atoms with van der Waals surface area (Å²) in [4.78, 5) is 15.8. The maximum atomic E-state index is 12.6. The molecule has 3 rings (SSSR count). The van der Waals surface area contributed by atoms with Crippen molar-refractivity contribution in [3.8, 4) is 0 Å². The molecule has 2 nitrogen and oxygen atoms in total. The van der Waals surface area contributed by atoms with Crippen LogP contribution < -0.4 is 4.90 Å². The van der Waals surface area contributed by atoms with E-state index in [1.165, 1.54) is 5.56 Å².